The molecular weight excluding hydrogens is 431 g/mol. The lowest BCUT2D eigenvalue weighted by molar-refractivity contribution is -0.115. The maximum Gasteiger partial charge on any atom is 0.405 e. The van der Waals surface area contributed by atoms with Gasteiger partial charge >= 0.3 is 6.18 Å². The first-order valence-corrected chi connectivity index (χ1v) is 9.60. The number of carbonyl (C=O) groups excluding carboxylic acids is 1. The van der Waals surface area contributed by atoms with Gasteiger partial charge in [0.1, 0.15) is 12.4 Å². The van der Waals surface area contributed by atoms with Crippen LogP contribution in [0.5, 0.6) is 0 Å². The molecule has 0 spiro atoms. The Morgan fingerprint density at radius 3 is 2.47 bits per heavy atom. The normalized spacial score (nSPS) is 13.4. The van der Waals surface area contributed by atoms with Crippen LogP contribution in [0.15, 0.2) is 12.3 Å². The van der Waals surface area contributed by atoms with Crippen molar-refractivity contribution in [3.63, 3.8) is 0 Å². The van der Waals surface area contributed by atoms with Crippen LogP contribution in [0, 0.1) is 6.92 Å². The molecule has 0 saturated carbocycles. The van der Waals surface area contributed by atoms with Crippen LogP contribution in [-0.2, 0) is 0 Å². The van der Waals surface area contributed by atoms with Crippen LogP contribution < -0.4 is 10.6 Å². The first-order chi connectivity index (χ1) is 13.7. The van der Waals surface area contributed by atoms with E-state index in [2.05, 4.69) is 15.3 Å². The number of amides is 1. The van der Waals surface area contributed by atoms with E-state index in [1.165, 1.54) is 20.8 Å². The van der Waals surface area contributed by atoms with E-state index in [0.717, 1.165) is 23.6 Å². The summed E-state index contributed by atoms with van der Waals surface area (Å²) in [5, 5.41) is 14.5. The number of aromatic nitrogens is 2. The van der Waals surface area contributed by atoms with E-state index in [9.17, 15) is 31.9 Å². The largest absolute Gasteiger partial charge is 0.405 e. The molecular formula is C18H21F5N4O2S. The Morgan fingerprint density at radius 2 is 1.93 bits per heavy atom. The van der Waals surface area contributed by atoms with E-state index in [4.69, 9.17) is 0 Å². The number of nitrogens with one attached hydrogen (secondary N) is 2. The summed E-state index contributed by atoms with van der Waals surface area (Å²) in [6.45, 7) is 4.75. The summed E-state index contributed by atoms with van der Waals surface area (Å²) in [7, 11) is 0. The highest BCUT2D eigenvalue weighted by Gasteiger charge is 2.28. The third kappa shape index (κ3) is 6.08. The second-order valence-corrected chi connectivity index (χ2v) is 8.21. The second-order valence-electron chi connectivity index (χ2n) is 7.21. The number of thiazole rings is 1. The molecule has 166 valence electrons. The molecule has 1 unspecified atom stereocenters. The molecule has 6 nitrogen and oxygen atoms in total. The standard InChI is InChI=1S/C18H21F5N4O2S/c1-8-13(30-16(26-8)15(28)27-9(2)17(3,4)29)11-6-24-12(5-10(11)14(19)20)25-7-18(21,22)23/h5-6,9,14,29H,7H2,1-4H3,(H,24,25)(H,27,28). The Bertz CT molecular complexity index is 909. The zero-order valence-electron chi connectivity index (χ0n) is 16.6. The zero-order valence-corrected chi connectivity index (χ0v) is 17.4. The lowest BCUT2D eigenvalue weighted by Crippen LogP contribution is -2.47. The summed E-state index contributed by atoms with van der Waals surface area (Å²) in [4.78, 5) is 20.5. The number of hydrogen-bond acceptors (Lipinski definition) is 6. The molecule has 1 atom stereocenters. The van der Waals surface area contributed by atoms with Crippen LogP contribution in [0.2, 0.25) is 0 Å². The maximum atomic E-state index is 13.6. The van der Waals surface area contributed by atoms with E-state index < -0.39 is 42.3 Å². The quantitative estimate of drug-likeness (QED) is 0.545. The molecule has 2 aromatic heterocycles. The fourth-order valence-electron chi connectivity index (χ4n) is 2.31. The SMILES string of the molecule is Cc1nc(C(=O)NC(C)C(C)(C)O)sc1-c1cnc(NCC(F)(F)F)cc1C(F)F. The number of halogens is 5. The molecule has 12 heteroatoms. The molecule has 3 N–H and O–H groups in total. The van der Waals surface area contributed by atoms with Crippen molar-refractivity contribution in [1.82, 2.24) is 15.3 Å². The van der Waals surface area contributed by atoms with Gasteiger partial charge in [-0.05, 0) is 33.8 Å². The van der Waals surface area contributed by atoms with Crippen LogP contribution in [-0.4, -0.2) is 45.3 Å². The third-order valence-electron chi connectivity index (χ3n) is 4.28. The van der Waals surface area contributed by atoms with Crippen molar-refractivity contribution in [2.75, 3.05) is 11.9 Å². The Kier molecular flexibility index (Phi) is 7.02. The van der Waals surface area contributed by atoms with Crippen molar-refractivity contribution in [1.29, 1.82) is 0 Å². The third-order valence-corrected chi connectivity index (χ3v) is 5.47. The minimum atomic E-state index is -4.53. The highest BCUT2D eigenvalue weighted by Crippen LogP contribution is 2.37. The number of pyridine rings is 1. The molecule has 0 saturated heterocycles. The van der Waals surface area contributed by atoms with Gasteiger partial charge in [-0.1, -0.05) is 0 Å². The number of aryl methyl sites for hydroxylation is 1. The Hall–Kier alpha value is -2.34. The summed E-state index contributed by atoms with van der Waals surface area (Å²) in [6, 6.07) is 0.246. The number of hydrogen-bond donors (Lipinski definition) is 3. The number of nitrogens with zero attached hydrogens (tertiary/aromatic N) is 2. The molecule has 0 radical (unpaired) electrons. The Labute approximate surface area is 173 Å². The van der Waals surface area contributed by atoms with Crippen molar-refractivity contribution in [2.45, 2.75) is 51.9 Å². The number of alkyl halides is 5. The van der Waals surface area contributed by atoms with Crippen molar-refractivity contribution in [2.24, 2.45) is 0 Å². The van der Waals surface area contributed by atoms with Crippen LogP contribution in [0.3, 0.4) is 0 Å². The summed E-state index contributed by atoms with van der Waals surface area (Å²) >= 11 is 0.850. The molecule has 0 aliphatic rings. The molecule has 30 heavy (non-hydrogen) atoms. The lowest BCUT2D eigenvalue weighted by Gasteiger charge is -2.26. The van der Waals surface area contributed by atoms with E-state index in [-0.39, 0.29) is 21.3 Å². The zero-order chi connectivity index (χ0) is 22.9. The Balaban J connectivity index is 2.34. The molecule has 1 amide bonds. The summed E-state index contributed by atoms with van der Waals surface area (Å²) in [5.41, 5.74) is -1.44. The van der Waals surface area contributed by atoms with Crippen molar-refractivity contribution in [3.05, 3.63) is 28.5 Å². The molecule has 2 heterocycles. The summed E-state index contributed by atoms with van der Waals surface area (Å²) in [6.07, 6.45) is -6.48. The average molecular weight is 452 g/mol. The van der Waals surface area contributed by atoms with Gasteiger partial charge < -0.3 is 15.7 Å². The van der Waals surface area contributed by atoms with Gasteiger partial charge in [-0.15, -0.1) is 11.3 Å². The molecule has 0 bridgehead atoms. The van der Waals surface area contributed by atoms with Crippen molar-refractivity contribution in [3.8, 4) is 10.4 Å². The van der Waals surface area contributed by atoms with Crippen LogP contribution >= 0.6 is 11.3 Å². The molecule has 0 aliphatic carbocycles. The minimum absolute atomic E-state index is 0.00177. The smallest absolute Gasteiger partial charge is 0.388 e. The monoisotopic (exact) mass is 452 g/mol. The van der Waals surface area contributed by atoms with E-state index in [0.29, 0.717) is 5.69 Å². The van der Waals surface area contributed by atoms with Gasteiger partial charge in [0, 0.05) is 17.3 Å². The molecule has 2 aromatic rings. The van der Waals surface area contributed by atoms with Gasteiger partial charge in [-0.2, -0.15) is 13.2 Å². The average Bonchev–Trinajstić information content (AvgIpc) is 3.00. The number of carbonyl (C=O) groups is 1. The highest BCUT2D eigenvalue weighted by atomic mass is 32.1. The van der Waals surface area contributed by atoms with Gasteiger partial charge in [0.15, 0.2) is 5.01 Å². The van der Waals surface area contributed by atoms with Crippen molar-refractivity contribution < 1.29 is 31.9 Å². The predicted octanol–water partition coefficient (Wildman–Crippen LogP) is 4.31. The van der Waals surface area contributed by atoms with E-state index in [1.807, 2.05) is 5.32 Å². The first kappa shape index (κ1) is 23.9. The summed E-state index contributed by atoms with van der Waals surface area (Å²) < 4.78 is 64.2. The van der Waals surface area contributed by atoms with Gasteiger partial charge in [0.25, 0.3) is 12.3 Å². The van der Waals surface area contributed by atoms with E-state index in [1.54, 1.807) is 6.92 Å². The lowest BCUT2D eigenvalue weighted by atomic mass is 10.0. The second kappa shape index (κ2) is 8.80. The van der Waals surface area contributed by atoms with Crippen molar-refractivity contribution >= 4 is 23.1 Å². The maximum absolute atomic E-state index is 13.6. The summed E-state index contributed by atoms with van der Waals surface area (Å²) in [5.74, 6) is -0.926. The van der Waals surface area contributed by atoms with Crippen LogP contribution in [0.25, 0.3) is 10.4 Å². The molecule has 0 fully saturated rings. The van der Waals surface area contributed by atoms with Gasteiger partial charge in [-0.3, -0.25) is 4.79 Å². The molecule has 0 aromatic carbocycles. The number of anilines is 1. The van der Waals surface area contributed by atoms with Gasteiger partial charge in [0.2, 0.25) is 0 Å². The fourth-order valence-corrected chi connectivity index (χ4v) is 3.31. The first-order valence-electron chi connectivity index (χ1n) is 8.78. The fraction of sp³-hybridized carbons (Fsp3) is 0.500. The number of aliphatic hydroxyl groups is 1. The predicted molar refractivity (Wildman–Crippen MR) is 103 cm³/mol. The molecule has 2 rings (SSSR count). The van der Waals surface area contributed by atoms with Gasteiger partial charge in [-0.25, -0.2) is 18.7 Å². The van der Waals surface area contributed by atoms with Gasteiger partial charge in [0.05, 0.1) is 22.2 Å². The minimum Gasteiger partial charge on any atom is -0.388 e. The van der Waals surface area contributed by atoms with Crippen LogP contribution in [0.1, 0.15) is 48.3 Å². The molecule has 0 aliphatic heterocycles. The number of rotatable bonds is 7. The highest BCUT2D eigenvalue weighted by molar-refractivity contribution is 7.17. The Morgan fingerprint density at radius 1 is 1.30 bits per heavy atom. The van der Waals surface area contributed by atoms with Crippen LogP contribution in [0.4, 0.5) is 27.8 Å². The topological polar surface area (TPSA) is 87.1 Å². The van der Waals surface area contributed by atoms with E-state index >= 15 is 0 Å².